The van der Waals surface area contributed by atoms with Crippen LogP contribution < -0.4 is 0 Å². The van der Waals surface area contributed by atoms with Crippen molar-refractivity contribution in [2.75, 3.05) is 13.7 Å². The lowest BCUT2D eigenvalue weighted by Gasteiger charge is -2.15. The third-order valence-corrected chi connectivity index (χ3v) is 3.20. The number of hydrogen-bond acceptors (Lipinski definition) is 2. The Bertz CT molecular complexity index is 553. The summed E-state index contributed by atoms with van der Waals surface area (Å²) in [6.07, 6.45) is 0. The molecule has 0 fully saturated rings. The van der Waals surface area contributed by atoms with Crippen molar-refractivity contribution in [3.63, 3.8) is 0 Å². The van der Waals surface area contributed by atoms with Gasteiger partial charge in [-0.1, -0.05) is 15.9 Å². The first kappa shape index (κ1) is 12.5. The van der Waals surface area contributed by atoms with E-state index in [4.69, 9.17) is 4.74 Å². The Hall–Kier alpha value is -0.940. The number of ether oxygens (including phenoxy) is 1. The molecule has 1 aromatic heterocycles. The molecular formula is C12H14BrFN2O. The Morgan fingerprint density at radius 1 is 1.53 bits per heavy atom. The van der Waals surface area contributed by atoms with Crippen LogP contribution in [0.5, 0.6) is 0 Å². The first-order valence-corrected chi connectivity index (χ1v) is 6.16. The molecular weight excluding hydrogens is 287 g/mol. The van der Waals surface area contributed by atoms with Crippen molar-refractivity contribution >= 4 is 27.0 Å². The average molecular weight is 301 g/mol. The van der Waals surface area contributed by atoms with E-state index in [0.29, 0.717) is 16.6 Å². The fourth-order valence-corrected chi connectivity index (χ4v) is 2.53. The third-order valence-electron chi connectivity index (χ3n) is 2.74. The number of rotatable bonds is 3. The summed E-state index contributed by atoms with van der Waals surface area (Å²) in [6.45, 7) is 4.47. The molecule has 0 aliphatic rings. The molecule has 0 amide bonds. The second-order valence-electron chi connectivity index (χ2n) is 4.09. The van der Waals surface area contributed by atoms with Crippen LogP contribution >= 0.6 is 15.9 Å². The van der Waals surface area contributed by atoms with Gasteiger partial charge in [0.05, 0.1) is 18.2 Å². The summed E-state index contributed by atoms with van der Waals surface area (Å²) in [7, 11) is 1.65. The van der Waals surface area contributed by atoms with Crippen molar-refractivity contribution in [1.29, 1.82) is 0 Å². The molecule has 0 spiro atoms. The Balaban J connectivity index is 2.66. The highest BCUT2D eigenvalue weighted by molar-refractivity contribution is 9.10. The van der Waals surface area contributed by atoms with Crippen molar-refractivity contribution in [1.82, 2.24) is 9.55 Å². The van der Waals surface area contributed by atoms with Crippen LogP contribution in [0.2, 0.25) is 0 Å². The van der Waals surface area contributed by atoms with Gasteiger partial charge in [-0.05, 0) is 26.0 Å². The van der Waals surface area contributed by atoms with E-state index in [1.54, 1.807) is 7.11 Å². The number of hydrogen-bond donors (Lipinski definition) is 0. The van der Waals surface area contributed by atoms with Gasteiger partial charge >= 0.3 is 0 Å². The first-order valence-electron chi connectivity index (χ1n) is 5.37. The van der Waals surface area contributed by atoms with Crippen LogP contribution in [-0.2, 0) is 4.74 Å². The Labute approximate surface area is 108 Å². The number of fused-ring (bicyclic) bond motifs is 1. The molecule has 3 nitrogen and oxygen atoms in total. The van der Waals surface area contributed by atoms with E-state index in [9.17, 15) is 4.39 Å². The quantitative estimate of drug-likeness (QED) is 0.868. The largest absolute Gasteiger partial charge is 0.383 e. The lowest BCUT2D eigenvalue weighted by Crippen LogP contribution is -2.12. The maximum atomic E-state index is 13.8. The maximum absolute atomic E-state index is 13.8. The van der Waals surface area contributed by atoms with Gasteiger partial charge in [0, 0.05) is 11.6 Å². The smallest absolute Gasteiger partial charge is 0.152 e. The number of aromatic nitrogens is 2. The molecule has 5 heteroatoms. The molecule has 92 valence electrons. The predicted octanol–water partition coefficient (Wildman–Crippen LogP) is 3.45. The van der Waals surface area contributed by atoms with Gasteiger partial charge in [0.1, 0.15) is 11.3 Å². The molecule has 17 heavy (non-hydrogen) atoms. The van der Waals surface area contributed by atoms with Crippen molar-refractivity contribution in [3.05, 3.63) is 28.2 Å². The van der Waals surface area contributed by atoms with Crippen molar-refractivity contribution in [2.24, 2.45) is 0 Å². The molecule has 0 radical (unpaired) electrons. The zero-order valence-electron chi connectivity index (χ0n) is 10.00. The molecule has 2 rings (SSSR count). The van der Waals surface area contributed by atoms with Crippen LogP contribution in [0, 0.1) is 12.7 Å². The number of methoxy groups -OCH3 is 1. The zero-order chi connectivity index (χ0) is 12.6. The summed E-state index contributed by atoms with van der Waals surface area (Å²) in [5.74, 6) is 0.488. The summed E-state index contributed by atoms with van der Waals surface area (Å²) >= 11 is 3.30. The summed E-state index contributed by atoms with van der Waals surface area (Å²) in [6, 6.07) is 3.43. The van der Waals surface area contributed by atoms with Gasteiger partial charge < -0.3 is 9.30 Å². The highest BCUT2D eigenvalue weighted by Crippen LogP contribution is 2.26. The van der Waals surface area contributed by atoms with Crippen molar-refractivity contribution in [3.8, 4) is 0 Å². The fraction of sp³-hybridized carbons (Fsp3) is 0.417. The van der Waals surface area contributed by atoms with Gasteiger partial charge in [-0.15, -0.1) is 0 Å². The van der Waals surface area contributed by atoms with E-state index in [-0.39, 0.29) is 11.9 Å². The molecule has 0 saturated carbocycles. The average Bonchev–Trinajstić information content (AvgIpc) is 2.55. The maximum Gasteiger partial charge on any atom is 0.152 e. The summed E-state index contributed by atoms with van der Waals surface area (Å²) < 4.78 is 21.6. The number of aryl methyl sites for hydroxylation is 1. The Kier molecular flexibility index (Phi) is 3.49. The van der Waals surface area contributed by atoms with Crippen LogP contribution in [0.1, 0.15) is 18.8 Å². The second kappa shape index (κ2) is 4.74. The molecule has 0 saturated heterocycles. The third kappa shape index (κ3) is 2.21. The van der Waals surface area contributed by atoms with Crippen LogP contribution in [0.3, 0.4) is 0 Å². The second-order valence-corrected chi connectivity index (χ2v) is 5.00. The van der Waals surface area contributed by atoms with E-state index < -0.39 is 0 Å². The number of nitrogens with zero attached hydrogens (tertiary/aromatic N) is 2. The molecule has 2 aromatic rings. The van der Waals surface area contributed by atoms with E-state index in [0.717, 1.165) is 11.3 Å². The minimum absolute atomic E-state index is 0.124. The number of imidazole rings is 1. The van der Waals surface area contributed by atoms with E-state index in [1.165, 1.54) is 6.07 Å². The van der Waals surface area contributed by atoms with Gasteiger partial charge in [0.25, 0.3) is 0 Å². The molecule has 1 atom stereocenters. The van der Waals surface area contributed by atoms with Gasteiger partial charge in [-0.25, -0.2) is 9.37 Å². The highest BCUT2D eigenvalue weighted by Gasteiger charge is 2.16. The van der Waals surface area contributed by atoms with Crippen molar-refractivity contribution in [2.45, 2.75) is 19.9 Å². The van der Waals surface area contributed by atoms with E-state index in [2.05, 4.69) is 20.9 Å². The molecule has 0 aliphatic carbocycles. The van der Waals surface area contributed by atoms with Gasteiger partial charge in [-0.3, -0.25) is 0 Å². The Morgan fingerprint density at radius 2 is 2.24 bits per heavy atom. The summed E-state index contributed by atoms with van der Waals surface area (Å²) in [5.41, 5.74) is 1.20. The van der Waals surface area contributed by atoms with Crippen LogP contribution in [0.15, 0.2) is 16.6 Å². The van der Waals surface area contributed by atoms with Gasteiger partial charge in [-0.2, -0.15) is 0 Å². The Morgan fingerprint density at radius 3 is 2.88 bits per heavy atom. The lowest BCUT2D eigenvalue weighted by atomic mass is 10.2. The van der Waals surface area contributed by atoms with Gasteiger partial charge in [0.15, 0.2) is 5.82 Å². The van der Waals surface area contributed by atoms with Crippen LogP contribution in [0.4, 0.5) is 4.39 Å². The van der Waals surface area contributed by atoms with E-state index in [1.807, 2.05) is 24.5 Å². The highest BCUT2D eigenvalue weighted by atomic mass is 79.9. The molecule has 0 bridgehead atoms. The molecule has 1 heterocycles. The molecule has 1 unspecified atom stereocenters. The number of halogens is 2. The van der Waals surface area contributed by atoms with Crippen LogP contribution in [0.25, 0.3) is 11.0 Å². The standard InChI is InChI=1S/C12H14BrFN2O/c1-7(6-17-3)16-8(2)15-12-10(14)4-9(13)5-11(12)16/h4-5,7H,6H2,1-3H3. The molecule has 0 N–H and O–H groups in total. The minimum atomic E-state index is -0.305. The predicted molar refractivity (Wildman–Crippen MR) is 68.7 cm³/mol. The summed E-state index contributed by atoms with van der Waals surface area (Å²) in [5, 5.41) is 0. The normalized spacial score (nSPS) is 13.2. The molecule has 1 aromatic carbocycles. The zero-order valence-corrected chi connectivity index (χ0v) is 11.6. The molecule has 0 aliphatic heterocycles. The number of benzene rings is 1. The van der Waals surface area contributed by atoms with Crippen molar-refractivity contribution < 1.29 is 9.13 Å². The summed E-state index contributed by atoms with van der Waals surface area (Å²) in [4.78, 5) is 4.27. The lowest BCUT2D eigenvalue weighted by molar-refractivity contribution is 0.163. The SMILES string of the molecule is COCC(C)n1c(C)nc2c(F)cc(Br)cc21. The topological polar surface area (TPSA) is 27.1 Å². The van der Waals surface area contributed by atoms with Crippen LogP contribution in [-0.4, -0.2) is 23.3 Å². The van der Waals surface area contributed by atoms with Gasteiger partial charge in [0.2, 0.25) is 0 Å². The first-order chi connectivity index (χ1) is 8.04. The van der Waals surface area contributed by atoms with E-state index >= 15 is 0 Å². The minimum Gasteiger partial charge on any atom is -0.383 e. The monoisotopic (exact) mass is 300 g/mol. The fourth-order valence-electron chi connectivity index (χ4n) is 2.11.